The average Bonchev–Trinajstić information content (AvgIpc) is 2.56. The lowest BCUT2D eigenvalue weighted by atomic mass is 10.3. The Labute approximate surface area is 112 Å². The fraction of sp³-hybridized carbons (Fsp3) is 0.250. The number of thioether (sulfide) groups is 1. The molecule has 1 aromatic carbocycles. The van der Waals surface area contributed by atoms with E-state index >= 15 is 0 Å². The Kier molecular flexibility index (Phi) is 3.87. The third-order valence-corrected chi connectivity index (χ3v) is 4.79. The minimum Gasteiger partial charge on any atom is -0.399 e. The fourth-order valence-electron chi connectivity index (χ4n) is 1.45. The summed E-state index contributed by atoms with van der Waals surface area (Å²) in [5.41, 5.74) is 6.42. The number of rotatable bonds is 3. The van der Waals surface area contributed by atoms with Crippen molar-refractivity contribution in [3.05, 3.63) is 39.3 Å². The lowest BCUT2D eigenvalue weighted by Gasteiger charge is -2.04. The maximum atomic E-state index is 13.5. The number of benzene rings is 1. The normalized spacial score (nSPS) is 10.9. The monoisotopic (exact) mass is 286 g/mol. The van der Waals surface area contributed by atoms with Gasteiger partial charge < -0.3 is 5.73 Å². The summed E-state index contributed by atoms with van der Waals surface area (Å²) in [6.07, 6.45) is 0. The molecule has 0 spiro atoms. The van der Waals surface area contributed by atoms with Gasteiger partial charge in [-0.15, -0.1) is 23.1 Å². The highest BCUT2D eigenvalue weighted by Gasteiger charge is 2.12. The Morgan fingerprint density at radius 3 is 2.39 bits per heavy atom. The first kappa shape index (κ1) is 13.3. The van der Waals surface area contributed by atoms with Crippen molar-refractivity contribution in [2.75, 3.05) is 5.73 Å². The molecule has 0 atom stereocenters. The van der Waals surface area contributed by atoms with E-state index < -0.39 is 11.6 Å². The van der Waals surface area contributed by atoms with Gasteiger partial charge in [0.05, 0.1) is 16.3 Å². The molecule has 0 saturated carbocycles. The van der Waals surface area contributed by atoms with E-state index in [1.165, 1.54) is 0 Å². The maximum absolute atomic E-state index is 13.5. The molecule has 0 saturated heterocycles. The van der Waals surface area contributed by atoms with E-state index in [0.717, 1.165) is 39.5 Å². The summed E-state index contributed by atoms with van der Waals surface area (Å²) in [5.74, 6) is -0.790. The topological polar surface area (TPSA) is 38.9 Å². The zero-order valence-corrected chi connectivity index (χ0v) is 11.6. The molecule has 2 nitrogen and oxygen atoms in total. The first-order valence-corrected chi connectivity index (χ1v) is 7.08. The average molecular weight is 286 g/mol. The fourth-order valence-corrected chi connectivity index (χ4v) is 3.32. The quantitative estimate of drug-likeness (QED) is 0.686. The van der Waals surface area contributed by atoms with Crippen molar-refractivity contribution in [2.24, 2.45) is 0 Å². The summed E-state index contributed by atoms with van der Waals surface area (Å²) in [6.45, 7) is 3.90. The van der Waals surface area contributed by atoms with E-state index in [1.54, 1.807) is 11.3 Å². The molecule has 2 N–H and O–H groups in total. The largest absolute Gasteiger partial charge is 0.399 e. The first-order valence-electron chi connectivity index (χ1n) is 5.27. The van der Waals surface area contributed by atoms with Gasteiger partial charge in [-0.25, -0.2) is 13.8 Å². The molecule has 2 rings (SSSR count). The zero-order valence-electron chi connectivity index (χ0n) is 9.96. The van der Waals surface area contributed by atoms with Crippen molar-refractivity contribution >= 4 is 28.8 Å². The molecule has 1 heterocycles. The molecular formula is C12H12F2N2S2. The van der Waals surface area contributed by atoms with Gasteiger partial charge in [0.15, 0.2) is 0 Å². The molecule has 0 aliphatic heterocycles. The minimum atomic E-state index is -0.623. The predicted molar refractivity (Wildman–Crippen MR) is 71.9 cm³/mol. The molecule has 0 unspecified atom stereocenters. The number of nitrogens with two attached hydrogens (primary N) is 1. The number of hydrogen-bond donors (Lipinski definition) is 1. The van der Waals surface area contributed by atoms with Gasteiger partial charge in [-0.2, -0.15) is 0 Å². The van der Waals surface area contributed by atoms with Gasteiger partial charge in [-0.05, 0) is 26.0 Å². The summed E-state index contributed by atoms with van der Waals surface area (Å²) in [4.78, 5) is 5.45. The molecule has 0 radical (unpaired) electrons. The molecule has 1 aromatic heterocycles. The first-order chi connectivity index (χ1) is 8.47. The molecule has 96 valence electrons. The summed E-state index contributed by atoms with van der Waals surface area (Å²) < 4.78 is 27.1. The van der Waals surface area contributed by atoms with Crippen LogP contribution in [0.3, 0.4) is 0 Å². The number of hydrogen-bond acceptors (Lipinski definition) is 4. The highest BCUT2D eigenvalue weighted by molar-refractivity contribution is 7.98. The lowest BCUT2D eigenvalue weighted by Crippen LogP contribution is -1.93. The Hall–Kier alpha value is -1.14. The van der Waals surface area contributed by atoms with Gasteiger partial charge in [0, 0.05) is 10.6 Å². The van der Waals surface area contributed by atoms with Crippen molar-refractivity contribution in [3.8, 4) is 0 Å². The van der Waals surface area contributed by atoms with Crippen LogP contribution in [0.1, 0.15) is 15.6 Å². The van der Waals surface area contributed by atoms with Crippen molar-refractivity contribution in [1.82, 2.24) is 4.98 Å². The van der Waals surface area contributed by atoms with Gasteiger partial charge in [-0.1, -0.05) is 0 Å². The van der Waals surface area contributed by atoms with E-state index in [-0.39, 0.29) is 10.6 Å². The number of nitrogens with zero attached hydrogens (tertiary/aromatic N) is 1. The van der Waals surface area contributed by atoms with Crippen LogP contribution in [0, 0.1) is 25.5 Å². The number of thiazole rings is 1. The second-order valence-electron chi connectivity index (χ2n) is 3.85. The standard InChI is InChI=1S/C12H12F2N2S2/c1-6-7(2)18-11(16-6)5-17-12-9(13)3-8(15)4-10(12)14/h3-4H,5,15H2,1-2H3. The number of aryl methyl sites for hydroxylation is 2. The number of nitrogen functional groups attached to an aromatic ring is 1. The van der Waals surface area contributed by atoms with E-state index in [9.17, 15) is 8.78 Å². The van der Waals surface area contributed by atoms with Crippen LogP contribution in [0.25, 0.3) is 0 Å². The zero-order chi connectivity index (χ0) is 13.3. The second kappa shape index (κ2) is 5.24. The van der Waals surface area contributed by atoms with Gasteiger partial charge in [0.1, 0.15) is 16.6 Å². The van der Waals surface area contributed by atoms with Crippen LogP contribution in [0.2, 0.25) is 0 Å². The Morgan fingerprint density at radius 1 is 1.28 bits per heavy atom. The van der Waals surface area contributed by atoms with Crippen LogP contribution < -0.4 is 5.73 Å². The van der Waals surface area contributed by atoms with Gasteiger partial charge in [-0.3, -0.25) is 0 Å². The molecular weight excluding hydrogens is 274 g/mol. The SMILES string of the molecule is Cc1nc(CSc2c(F)cc(N)cc2F)sc1C. The van der Waals surface area contributed by atoms with Crippen LogP contribution >= 0.6 is 23.1 Å². The van der Waals surface area contributed by atoms with E-state index in [1.807, 2.05) is 13.8 Å². The van der Waals surface area contributed by atoms with Gasteiger partial charge >= 0.3 is 0 Å². The smallest absolute Gasteiger partial charge is 0.141 e. The van der Waals surface area contributed by atoms with Crippen molar-refractivity contribution in [3.63, 3.8) is 0 Å². The molecule has 0 amide bonds. The molecule has 0 aliphatic carbocycles. The summed E-state index contributed by atoms with van der Waals surface area (Å²) in [5, 5.41) is 0.866. The molecule has 0 fully saturated rings. The Bertz CT molecular complexity index is 539. The van der Waals surface area contributed by atoms with Crippen LogP contribution in [0.5, 0.6) is 0 Å². The molecule has 0 bridgehead atoms. The highest BCUT2D eigenvalue weighted by atomic mass is 32.2. The van der Waals surface area contributed by atoms with Crippen LogP contribution in [-0.2, 0) is 5.75 Å². The van der Waals surface area contributed by atoms with Crippen LogP contribution in [-0.4, -0.2) is 4.98 Å². The van der Waals surface area contributed by atoms with E-state index in [4.69, 9.17) is 5.73 Å². The summed E-state index contributed by atoms with van der Waals surface area (Å²) in [7, 11) is 0. The van der Waals surface area contributed by atoms with Gasteiger partial charge in [0.2, 0.25) is 0 Å². The summed E-state index contributed by atoms with van der Waals surface area (Å²) >= 11 is 2.65. The second-order valence-corrected chi connectivity index (χ2v) is 6.12. The van der Waals surface area contributed by atoms with Crippen LogP contribution in [0.15, 0.2) is 17.0 Å². The van der Waals surface area contributed by atoms with Crippen molar-refractivity contribution < 1.29 is 8.78 Å². The molecule has 18 heavy (non-hydrogen) atoms. The third-order valence-electron chi connectivity index (χ3n) is 2.43. The Morgan fingerprint density at radius 2 is 1.89 bits per heavy atom. The van der Waals surface area contributed by atoms with E-state index in [0.29, 0.717) is 5.75 Å². The molecule has 0 aliphatic rings. The maximum Gasteiger partial charge on any atom is 0.141 e. The lowest BCUT2D eigenvalue weighted by molar-refractivity contribution is 0.542. The van der Waals surface area contributed by atoms with E-state index in [2.05, 4.69) is 4.98 Å². The Balaban J connectivity index is 2.15. The molecule has 2 aromatic rings. The number of aromatic nitrogens is 1. The van der Waals surface area contributed by atoms with Crippen molar-refractivity contribution in [1.29, 1.82) is 0 Å². The van der Waals surface area contributed by atoms with Crippen molar-refractivity contribution in [2.45, 2.75) is 24.5 Å². The minimum absolute atomic E-state index is 0.00490. The summed E-state index contributed by atoms with van der Waals surface area (Å²) in [6, 6.07) is 2.26. The predicted octanol–water partition coefficient (Wildman–Crippen LogP) is 3.91. The molecule has 6 heteroatoms. The highest BCUT2D eigenvalue weighted by Crippen LogP contribution is 2.31. The van der Waals surface area contributed by atoms with Gasteiger partial charge in [0.25, 0.3) is 0 Å². The number of anilines is 1. The van der Waals surface area contributed by atoms with Crippen LogP contribution in [0.4, 0.5) is 14.5 Å². The number of halogens is 2. The third kappa shape index (κ3) is 2.81.